The van der Waals surface area contributed by atoms with Crippen LogP contribution in [0.3, 0.4) is 0 Å². The van der Waals surface area contributed by atoms with Gasteiger partial charge in [-0.15, -0.1) is 0 Å². The van der Waals surface area contributed by atoms with Crippen molar-refractivity contribution in [2.24, 2.45) is 5.73 Å². The highest BCUT2D eigenvalue weighted by Gasteiger charge is 2.34. The van der Waals surface area contributed by atoms with Gasteiger partial charge < -0.3 is 5.73 Å². The highest BCUT2D eigenvalue weighted by molar-refractivity contribution is 5.66. The predicted octanol–water partition coefficient (Wildman–Crippen LogP) is 4.40. The van der Waals surface area contributed by atoms with Crippen molar-refractivity contribution in [3.63, 3.8) is 0 Å². The van der Waals surface area contributed by atoms with Crippen LogP contribution in [0, 0.1) is 11.6 Å². The SMILES string of the molecule is NCC1(c2ccc(F)c(-c3ccccc3F)c2)CCCC1. The van der Waals surface area contributed by atoms with E-state index in [-0.39, 0.29) is 5.41 Å². The average molecular weight is 287 g/mol. The van der Waals surface area contributed by atoms with E-state index in [0.717, 1.165) is 31.2 Å². The summed E-state index contributed by atoms with van der Waals surface area (Å²) < 4.78 is 28.1. The van der Waals surface area contributed by atoms with E-state index in [0.29, 0.717) is 17.7 Å². The zero-order chi connectivity index (χ0) is 14.9. The Morgan fingerprint density at radius 2 is 1.57 bits per heavy atom. The van der Waals surface area contributed by atoms with Crippen molar-refractivity contribution in [1.82, 2.24) is 0 Å². The fourth-order valence-electron chi connectivity index (χ4n) is 3.40. The molecule has 1 nitrogen and oxygen atoms in total. The number of hydrogen-bond donors (Lipinski definition) is 1. The molecule has 0 amide bonds. The summed E-state index contributed by atoms with van der Waals surface area (Å²) in [7, 11) is 0. The van der Waals surface area contributed by atoms with E-state index in [1.807, 2.05) is 0 Å². The van der Waals surface area contributed by atoms with Gasteiger partial charge in [0, 0.05) is 23.1 Å². The fraction of sp³-hybridized carbons (Fsp3) is 0.333. The van der Waals surface area contributed by atoms with Crippen molar-refractivity contribution in [3.05, 3.63) is 59.7 Å². The van der Waals surface area contributed by atoms with E-state index in [9.17, 15) is 8.78 Å². The molecule has 0 saturated heterocycles. The van der Waals surface area contributed by atoms with Crippen molar-refractivity contribution in [2.45, 2.75) is 31.1 Å². The van der Waals surface area contributed by atoms with E-state index in [1.54, 1.807) is 30.3 Å². The Hall–Kier alpha value is -1.74. The van der Waals surface area contributed by atoms with Crippen LogP contribution >= 0.6 is 0 Å². The maximum atomic E-state index is 14.2. The first kappa shape index (κ1) is 14.2. The summed E-state index contributed by atoms with van der Waals surface area (Å²) in [5.74, 6) is -0.796. The van der Waals surface area contributed by atoms with Crippen molar-refractivity contribution in [2.75, 3.05) is 6.54 Å². The molecule has 0 heterocycles. The Kier molecular flexibility index (Phi) is 3.77. The maximum absolute atomic E-state index is 14.2. The average Bonchev–Trinajstić information content (AvgIpc) is 2.99. The molecular formula is C18H19F2N. The summed E-state index contributed by atoms with van der Waals surface area (Å²) in [6.07, 6.45) is 4.32. The summed E-state index contributed by atoms with van der Waals surface area (Å²) in [6, 6.07) is 11.3. The van der Waals surface area contributed by atoms with Gasteiger partial charge in [-0.05, 0) is 36.6 Å². The molecule has 0 spiro atoms. The van der Waals surface area contributed by atoms with E-state index >= 15 is 0 Å². The van der Waals surface area contributed by atoms with Gasteiger partial charge in [0.1, 0.15) is 11.6 Å². The molecule has 1 aliphatic carbocycles. The minimum atomic E-state index is -0.401. The third-order valence-electron chi connectivity index (χ3n) is 4.69. The second-order valence-electron chi connectivity index (χ2n) is 5.87. The molecule has 1 saturated carbocycles. The molecule has 0 unspecified atom stereocenters. The fourth-order valence-corrected chi connectivity index (χ4v) is 3.40. The van der Waals surface area contributed by atoms with Gasteiger partial charge >= 0.3 is 0 Å². The van der Waals surface area contributed by atoms with Gasteiger partial charge in [-0.1, -0.05) is 37.1 Å². The zero-order valence-electron chi connectivity index (χ0n) is 11.9. The smallest absolute Gasteiger partial charge is 0.131 e. The minimum Gasteiger partial charge on any atom is -0.330 e. The third-order valence-corrected chi connectivity index (χ3v) is 4.69. The Morgan fingerprint density at radius 3 is 2.24 bits per heavy atom. The van der Waals surface area contributed by atoms with Crippen LogP contribution in [-0.2, 0) is 5.41 Å². The molecule has 2 N–H and O–H groups in total. The number of halogens is 2. The Morgan fingerprint density at radius 1 is 0.905 bits per heavy atom. The Balaban J connectivity index is 2.11. The quantitative estimate of drug-likeness (QED) is 0.889. The number of hydrogen-bond acceptors (Lipinski definition) is 1. The van der Waals surface area contributed by atoms with E-state index in [4.69, 9.17) is 5.73 Å². The minimum absolute atomic E-state index is 0.0757. The van der Waals surface area contributed by atoms with Gasteiger partial charge in [-0.3, -0.25) is 0 Å². The summed E-state index contributed by atoms with van der Waals surface area (Å²) >= 11 is 0. The van der Waals surface area contributed by atoms with E-state index in [2.05, 4.69) is 0 Å². The second-order valence-corrected chi connectivity index (χ2v) is 5.87. The molecule has 1 aliphatic rings. The molecular weight excluding hydrogens is 268 g/mol. The molecule has 0 radical (unpaired) electrons. The zero-order valence-corrected chi connectivity index (χ0v) is 11.9. The van der Waals surface area contributed by atoms with Crippen LogP contribution in [0.1, 0.15) is 31.2 Å². The molecule has 3 heteroatoms. The highest BCUT2D eigenvalue weighted by atomic mass is 19.1. The maximum Gasteiger partial charge on any atom is 0.131 e. The molecule has 0 atom stereocenters. The molecule has 0 aliphatic heterocycles. The molecule has 3 rings (SSSR count). The molecule has 0 bridgehead atoms. The van der Waals surface area contributed by atoms with Gasteiger partial charge in [0.25, 0.3) is 0 Å². The lowest BCUT2D eigenvalue weighted by Crippen LogP contribution is -2.32. The first-order chi connectivity index (χ1) is 10.2. The number of rotatable bonds is 3. The van der Waals surface area contributed by atoms with Crippen LogP contribution in [0.25, 0.3) is 11.1 Å². The summed E-state index contributed by atoms with van der Waals surface area (Å²) in [4.78, 5) is 0. The predicted molar refractivity (Wildman–Crippen MR) is 81.0 cm³/mol. The van der Waals surface area contributed by atoms with Crippen LogP contribution < -0.4 is 5.73 Å². The monoisotopic (exact) mass is 287 g/mol. The lowest BCUT2D eigenvalue weighted by molar-refractivity contribution is 0.452. The van der Waals surface area contributed by atoms with Crippen LogP contribution in [-0.4, -0.2) is 6.54 Å². The van der Waals surface area contributed by atoms with Gasteiger partial charge in [0.05, 0.1) is 0 Å². The largest absolute Gasteiger partial charge is 0.330 e. The topological polar surface area (TPSA) is 26.0 Å². The molecule has 0 aromatic heterocycles. The number of nitrogens with two attached hydrogens (primary N) is 1. The molecule has 110 valence electrons. The highest BCUT2D eigenvalue weighted by Crippen LogP contribution is 2.41. The van der Waals surface area contributed by atoms with Crippen LogP contribution in [0.2, 0.25) is 0 Å². The van der Waals surface area contributed by atoms with Crippen LogP contribution in [0.15, 0.2) is 42.5 Å². The van der Waals surface area contributed by atoms with Gasteiger partial charge in [-0.2, -0.15) is 0 Å². The normalized spacial score (nSPS) is 17.1. The van der Waals surface area contributed by atoms with E-state index in [1.165, 1.54) is 12.1 Å². The van der Waals surface area contributed by atoms with Gasteiger partial charge in [0.15, 0.2) is 0 Å². The molecule has 21 heavy (non-hydrogen) atoms. The standard InChI is InChI=1S/C18H19F2N/c19-16-6-2-1-5-14(16)15-11-13(7-8-17(15)20)18(12-21)9-3-4-10-18/h1-2,5-8,11H,3-4,9-10,12,21H2. The van der Waals surface area contributed by atoms with Crippen molar-refractivity contribution >= 4 is 0 Å². The first-order valence-electron chi connectivity index (χ1n) is 7.41. The van der Waals surface area contributed by atoms with Crippen LogP contribution in [0.5, 0.6) is 0 Å². The summed E-state index contributed by atoms with van der Waals surface area (Å²) in [5, 5.41) is 0. The third kappa shape index (κ3) is 2.46. The second kappa shape index (κ2) is 5.57. The summed E-state index contributed by atoms with van der Waals surface area (Å²) in [5.41, 5.74) is 7.58. The molecule has 2 aromatic rings. The Labute approximate surface area is 123 Å². The first-order valence-corrected chi connectivity index (χ1v) is 7.41. The lowest BCUT2D eigenvalue weighted by atomic mass is 9.78. The Bertz CT molecular complexity index is 645. The van der Waals surface area contributed by atoms with E-state index < -0.39 is 11.6 Å². The van der Waals surface area contributed by atoms with Crippen LogP contribution in [0.4, 0.5) is 8.78 Å². The molecule has 1 fully saturated rings. The van der Waals surface area contributed by atoms with Gasteiger partial charge in [0.2, 0.25) is 0 Å². The van der Waals surface area contributed by atoms with Gasteiger partial charge in [-0.25, -0.2) is 8.78 Å². The lowest BCUT2D eigenvalue weighted by Gasteiger charge is -2.28. The summed E-state index contributed by atoms with van der Waals surface area (Å²) in [6.45, 7) is 0.551. The van der Waals surface area contributed by atoms with Crippen molar-refractivity contribution in [3.8, 4) is 11.1 Å². The van der Waals surface area contributed by atoms with Crippen molar-refractivity contribution < 1.29 is 8.78 Å². The van der Waals surface area contributed by atoms with Crippen molar-refractivity contribution in [1.29, 1.82) is 0 Å². The number of benzene rings is 2. The molecule has 2 aromatic carbocycles.